The van der Waals surface area contributed by atoms with Crippen molar-refractivity contribution in [2.24, 2.45) is 0 Å². The third kappa shape index (κ3) is 5.39. The third-order valence-corrected chi connectivity index (χ3v) is 9.43. The number of fused-ring (bicyclic) bond motifs is 4. The van der Waals surface area contributed by atoms with E-state index < -0.39 is 89.1 Å². The van der Waals surface area contributed by atoms with Gasteiger partial charge < -0.3 is 49.2 Å². The molecule has 4 aromatic rings. The average molecular weight is 688 g/mol. The molecule has 0 saturated carbocycles. The summed E-state index contributed by atoms with van der Waals surface area (Å²) in [5.41, 5.74) is 3.93. The quantitative estimate of drug-likeness (QED) is 0.115. The number of rotatable bonds is 2. The van der Waals surface area contributed by atoms with Crippen molar-refractivity contribution in [3.05, 3.63) is 39.2 Å². The molecule has 3 aliphatic rings. The highest BCUT2D eigenvalue weighted by Gasteiger charge is 2.53. The lowest BCUT2D eigenvalue weighted by atomic mass is 10.1. The first-order chi connectivity index (χ1) is 21.7. The fraction of sp³-hybridized carbons (Fsp3) is 0.524. The van der Waals surface area contributed by atoms with Gasteiger partial charge in [-0.15, -0.1) is 0 Å². The van der Waals surface area contributed by atoms with Crippen LogP contribution in [0.25, 0.3) is 22.3 Å². The van der Waals surface area contributed by atoms with Crippen LogP contribution in [0.15, 0.2) is 22.2 Å². The molecular formula is C21H24N9O14P2-. The van der Waals surface area contributed by atoms with Gasteiger partial charge in [-0.3, -0.25) is 37.3 Å². The topological polar surface area (TPSA) is 326 Å². The highest BCUT2D eigenvalue weighted by atomic mass is 31.2. The van der Waals surface area contributed by atoms with E-state index in [9.17, 15) is 38.7 Å². The maximum atomic E-state index is 13.1. The number of aliphatic hydroxyl groups is 2. The van der Waals surface area contributed by atoms with Gasteiger partial charge in [0.05, 0.1) is 25.9 Å². The zero-order valence-corrected chi connectivity index (χ0v) is 25.0. The van der Waals surface area contributed by atoms with Gasteiger partial charge in [0.25, 0.3) is 18.9 Å². The fourth-order valence-corrected chi connectivity index (χ4v) is 7.39. The second-order valence-corrected chi connectivity index (χ2v) is 13.3. The molecule has 25 heteroatoms. The van der Waals surface area contributed by atoms with Crippen molar-refractivity contribution in [3.63, 3.8) is 0 Å². The predicted molar refractivity (Wildman–Crippen MR) is 144 cm³/mol. The van der Waals surface area contributed by atoms with E-state index in [0.717, 1.165) is 21.8 Å². The Kier molecular flexibility index (Phi) is 7.51. The summed E-state index contributed by atoms with van der Waals surface area (Å²) < 4.78 is 60.3. The summed E-state index contributed by atoms with van der Waals surface area (Å²) >= 11 is 0. The summed E-state index contributed by atoms with van der Waals surface area (Å²) in [6.07, 6.45) is -10.9. The Morgan fingerprint density at radius 1 is 0.891 bits per heavy atom. The van der Waals surface area contributed by atoms with E-state index in [1.165, 1.54) is 6.92 Å². The molecule has 0 bridgehead atoms. The van der Waals surface area contributed by atoms with Crippen molar-refractivity contribution in [1.82, 2.24) is 39.0 Å². The minimum atomic E-state index is -5.33. The number of nitrogen functional groups attached to an aromatic ring is 1. The Morgan fingerprint density at radius 2 is 1.41 bits per heavy atom. The maximum absolute atomic E-state index is 13.1. The number of hydrogen-bond donors (Lipinski definition) is 6. The summed E-state index contributed by atoms with van der Waals surface area (Å²) in [6, 6.07) is 0. The molecule has 23 nitrogen and oxygen atoms in total. The molecular weight excluding hydrogens is 664 g/mol. The number of phosphoric acid groups is 2. The van der Waals surface area contributed by atoms with Crippen LogP contribution in [0.1, 0.15) is 18.3 Å². The number of hydrogen-bond acceptors (Lipinski definition) is 18. The maximum Gasteiger partial charge on any atom is 0.472 e. The van der Waals surface area contributed by atoms with Gasteiger partial charge in [-0.2, -0.15) is 4.98 Å². The van der Waals surface area contributed by atoms with E-state index in [1.54, 1.807) is 0 Å². The van der Waals surface area contributed by atoms with Gasteiger partial charge in [0, 0.05) is 0 Å². The van der Waals surface area contributed by atoms with Crippen molar-refractivity contribution in [2.45, 2.75) is 56.0 Å². The molecule has 0 spiro atoms. The largest absolute Gasteiger partial charge is 0.756 e. The van der Waals surface area contributed by atoms with Gasteiger partial charge in [-0.1, -0.05) is 0 Å². The summed E-state index contributed by atoms with van der Waals surface area (Å²) in [7, 11) is -10.4. The molecule has 3 aliphatic heterocycles. The predicted octanol–water partition coefficient (Wildman–Crippen LogP) is -2.95. The molecule has 3 saturated heterocycles. The van der Waals surface area contributed by atoms with Crippen LogP contribution in [0.4, 0.5) is 5.95 Å². The van der Waals surface area contributed by atoms with Crippen molar-refractivity contribution >= 4 is 43.9 Å². The molecule has 7 rings (SSSR count). The molecule has 10 atom stereocenters. The van der Waals surface area contributed by atoms with Crippen LogP contribution in [0.3, 0.4) is 0 Å². The first kappa shape index (κ1) is 31.2. The zero-order chi connectivity index (χ0) is 32.7. The lowest BCUT2D eigenvalue weighted by Crippen LogP contribution is -2.40. The number of aryl methyl sites for hydroxylation is 1. The van der Waals surface area contributed by atoms with Crippen LogP contribution >= 0.6 is 15.6 Å². The normalized spacial score (nSPS) is 37.2. The second-order valence-electron chi connectivity index (χ2n) is 10.5. The Bertz CT molecular complexity index is 1900. The molecule has 7 N–H and O–H groups in total. The van der Waals surface area contributed by atoms with Gasteiger partial charge in [0.15, 0.2) is 34.8 Å². The van der Waals surface area contributed by atoms with E-state index in [-0.39, 0.29) is 34.1 Å². The van der Waals surface area contributed by atoms with Crippen molar-refractivity contribution in [2.75, 3.05) is 18.9 Å². The number of ether oxygens (including phenoxy) is 2. The smallest absolute Gasteiger partial charge is 0.472 e. The van der Waals surface area contributed by atoms with Gasteiger partial charge in [-0.05, 0) is 6.92 Å². The van der Waals surface area contributed by atoms with E-state index in [0.29, 0.717) is 0 Å². The highest BCUT2D eigenvalue weighted by molar-refractivity contribution is 7.47. The number of anilines is 1. The van der Waals surface area contributed by atoms with Crippen LogP contribution < -0.4 is 21.7 Å². The molecule has 7 heterocycles. The van der Waals surface area contributed by atoms with Crippen molar-refractivity contribution in [3.8, 4) is 0 Å². The molecule has 2 unspecified atom stereocenters. The summed E-state index contributed by atoms with van der Waals surface area (Å²) in [5, 5.41) is 22.2. The van der Waals surface area contributed by atoms with E-state index >= 15 is 0 Å². The van der Waals surface area contributed by atoms with Crippen molar-refractivity contribution in [1.29, 1.82) is 0 Å². The number of nitrogens with one attached hydrogen (secondary N) is 2. The number of nitrogens with two attached hydrogens (primary N) is 1. The SMILES string of the molecule is Cc1nc2c(ncn2[C@@H]2O[C@@H]3COP(=O)(O)O[C@H]4[C@@H](O)[C@H](n5cnc6c(=O)[nH]c(N)nc65)O[C@@H]4COP(=O)([O-])O[C@H]3[C@H]2O)c(=O)[nH]1. The van der Waals surface area contributed by atoms with Gasteiger partial charge in [-0.25, -0.2) is 19.5 Å². The Hall–Kier alpha value is -3.44. The fourth-order valence-electron chi connectivity index (χ4n) is 5.47. The summed E-state index contributed by atoms with van der Waals surface area (Å²) in [6.45, 7) is -0.291. The Morgan fingerprint density at radius 3 is 2.02 bits per heavy atom. The van der Waals surface area contributed by atoms with Crippen LogP contribution in [-0.2, 0) is 36.7 Å². The number of phosphoric ester groups is 2. The Labute approximate surface area is 254 Å². The summed E-state index contributed by atoms with van der Waals surface area (Å²) in [5.74, 6) is -0.0740. The van der Waals surface area contributed by atoms with E-state index in [4.69, 9.17) is 33.3 Å². The monoisotopic (exact) mass is 688 g/mol. The zero-order valence-electron chi connectivity index (χ0n) is 23.2. The van der Waals surface area contributed by atoms with Gasteiger partial charge in [0.2, 0.25) is 5.95 Å². The lowest BCUT2D eigenvalue weighted by molar-refractivity contribution is -0.236. The molecule has 4 aromatic heterocycles. The number of aliphatic hydroxyl groups excluding tert-OH is 2. The van der Waals surface area contributed by atoms with Gasteiger partial charge >= 0.3 is 7.82 Å². The van der Waals surface area contributed by atoms with Gasteiger partial charge in [0.1, 0.15) is 42.4 Å². The van der Waals surface area contributed by atoms with Crippen LogP contribution in [0.5, 0.6) is 0 Å². The first-order valence-corrected chi connectivity index (χ1v) is 16.3. The average Bonchev–Trinajstić information content (AvgIpc) is 3.72. The number of aromatic nitrogens is 8. The highest BCUT2D eigenvalue weighted by Crippen LogP contribution is 2.52. The van der Waals surface area contributed by atoms with Crippen LogP contribution in [0, 0.1) is 6.92 Å². The lowest BCUT2D eigenvalue weighted by Gasteiger charge is -2.32. The van der Waals surface area contributed by atoms with E-state index in [2.05, 4.69) is 29.9 Å². The molecule has 0 radical (unpaired) electrons. The van der Waals surface area contributed by atoms with E-state index in [1.807, 2.05) is 0 Å². The standard InChI is InChI=1S/C21H25N9O14P2/c1-6-25-15-9(17(33)26-6)23-4-29(15)19-11(31)13-7(41-19)2-39-46(37,38)44-14-8(3-40-45(35,36)43-13)42-20(12(14)32)30-5-24-10-16(30)27-21(22)28-18(10)34/h4-5,7-8,11-14,19-20,31-32H,2-3H2,1H3,(H,35,36)(H,37,38)(H,25,26,33)(H3,22,27,28,34)/p-1/t7-,8-,11-,12-,13-,14-,19-,20-/m1/s1. The van der Waals surface area contributed by atoms with Crippen LogP contribution in [-0.4, -0.2) is 104 Å². The number of aromatic amines is 2. The second kappa shape index (κ2) is 11.1. The number of imidazole rings is 2. The molecule has 3 fully saturated rings. The molecule has 248 valence electrons. The van der Waals surface area contributed by atoms with Crippen LogP contribution in [0.2, 0.25) is 0 Å². The number of H-pyrrole nitrogens is 2. The number of nitrogens with zero attached hydrogens (tertiary/aromatic N) is 6. The Balaban J connectivity index is 1.18. The molecule has 0 aromatic carbocycles. The summed E-state index contributed by atoms with van der Waals surface area (Å²) in [4.78, 5) is 68.9. The molecule has 0 aliphatic carbocycles. The third-order valence-electron chi connectivity index (χ3n) is 7.47. The molecule has 46 heavy (non-hydrogen) atoms. The van der Waals surface area contributed by atoms with Crippen molar-refractivity contribution < 1.29 is 56.7 Å². The molecule has 0 amide bonds. The first-order valence-electron chi connectivity index (χ1n) is 13.3. The minimum absolute atomic E-state index is 0.0112. The minimum Gasteiger partial charge on any atom is -0.756 e.